The lowest BCUT2D eigenvalue weighted by Crippen LogP contribution is -2.05. The molecule has 290 valence electrons. The van der Waals surface area contributed by atoms with Gasteiger partial charge in [0.05, 0.1) is 33.5 Å². The molecule has 0 aliphatic carbocycles. The van der Waals surface area contributed by atoms with Crippen molar-refractivity contribution < 1.29 is 0 Å². The molecule has 4 nitrogen and oxygen atoms in total. The van der Waals surface area contributed by atoms with Gasteiger partial charge in [0.25, 0.3) is 0 Å². The molecule has 62 heavy (non-hydrogen) atoms. The van der Waals surface area contributed by atoms with Gasteiger partial charge < -0.3 is 4.57 Å². The van der Waals surface area contributed by atoms with Crippen LogP contribution in [-0.2, 0) is 0 Å². The van der Waals surface area contributed by atoms with Crippen molar-refractivity contribution in [2.45, 2.75) is 0 Å². The predicted octanol–water partition coefficient (Wildman–Crippen LogP) is 15.1. The van der Waals surface area contributed by atoms with Gasteiger partial charge in [-0.05, 0) is 75.3 Å². The van der Waals surface area contributed by atoms with Crippen molar-refractivity contribution in [3.8, 4) is 34.0 Å². The van der Waals surface area contributed by atoms with Crippen LogP contribution in [0.1, 0.15) is 16.8 Å². The van der Waals surface area contributed by atoms with Crippen LogP contribution in [0.5, 0.6) is 0 Å². The Bertz CT molecular complexity index is 3750. The summed E-state index contributed by atoms with van der Waals surface area (Å²) in [5.41, 5.74) is 12.9. The van der Waals surface area contributed by atoms with E-state index >= 15 is 0 Å². The Morgan fingerprint density at radius 3 is 1.84 bits per heavy atom. The summed E-state index contributed by atoms with van der Waals surface area (Å²) in [6, 6.07) is 71.1. The van der Waals surface area contributed by atoms with Crippen LogP contribution in [0.4, 0.5) is 0 Å². The van der Waals surface area contributed by atoms with E-state index < -0.39 is 0 Å². The van der Waals surface area contributed by atoms with Crippen molar-refractivity contribution in [1.29, 1.82) is 0 Å². The fraction of sp³-hybridized carbons (Fsp3) is 0. The molecule has 0 radical (unpaired) electrons. The quantitative estimate of drug-likeness (QED) is 0.161. The maximum absolute atomic E-state index is 5.39. The highest BCUT2D eigenvalue weighted by Gasteiger charge is 2.20. The van der Waals surface area contributed by atoms with E-state index in [4.69, 9.17) is 9.97 Å². The Labute approximate surface area is 358 Å². The molecule has 0 aliphatic rings. The number of benzene rings is 9. The third-order valence-electron chi connectivity index (χ3n) is 12.3. The molecule has 0 unspecified atom stereocenters. The average Bonchev–Trinajstić information content (AvgIpc) is 3.85. The van der Waals surface area contributed by atoms with Crippen LogP contribution in [0.15, 0.2) is 207 Å². The minimum Gasteiger partial charge on any atom is -0.309 e. The predicted molar refractivity (Wildman–Crippen MR) is 262 cm³/mol. The van der Waals surface area contributed by atoms with Gasteiger partial charge in [-0.1, -0.05) is 183 Å². The van der Waals surface area contributed by atoms with E-state index in [1.165, 1.54) is 54.5 Å². The number of aromatic nitrogens is 4. The molecular weight excluding hydrogens is 753 g/mol. The van der Waals surface area contributed by atoms with Crippen LogP contribution in [0.3, 0.4) is 0 Å². The molecule has 12 aromatic rings. The van der Waals surface area contributed by atoms with Crippen molar-refractivity contribution in [2.75, 3.05) is 0 Å². The van der Waals surface area contributed by atoms with E-state index in [0.29, 0.717) is 5.95 Å². The molecule has 12 rings (SSSR count). The summed E-state index contributed by atoms with van der Waals surface area (Å²) in [5, 5.41) is 9.41. The number of fused-ring (bicyclic) bond motifs is 8. The van der Waals surface area contributed by atoms with Crippen LogP contribution in [0, 0.1) is 0 Å². The Balaban J connectivity index is 1.02. The first-order valence-electron chi connectivity index (χ1n) is 21.0. The number of rotatable bonds is 7. The molecule has 0 aliphatic heterocycles. The minimum absolute atomic E-state index is 0.600. The lowest BCUT2D eigenvalue weighted by Gasteiger charge is -2.13. The van der Waals surface area contributed by atoms with Gasteiger partial charge in [0.2, 0.25) is 5.95 Å². The molecular formula is C58H38N4. The second kappa shape index (κ2) is 14.4. The summed E-state index contributed by atoms with van der Waals surface area (Å²) in [6.45, 7) is 4.37. The van der Waals surface area contributed by atoms with E-state index in [0.717, 1.165) is 55.6 Å². The van der Waals surface area contributed by atoms with E-state index in [9.17, 15) is 0 Å². The lowest BCUT2D eigenvalue weighted by molar-refractivity contribution is 0.973. The van der Waals surface area contributed by atoms with Gasteiger partial charge in [-0.2, -0.15) is 0 Å². The highest BCUT2D eigenvalue weighted by molar-refractivity contribution is 6.20. The number of hydrogen-bond acceptors (Lipinski definition) is 2. The molecule has 9 aromatic carbocycles. The molecule has 0 saturated heterocycles. The molecule has 3 aromatic heterocycles. The number of nitrogens with zero attached hydrogens (tertiary/aromatic N) is 4. The van der Waals surface area contributed by atoms with Crippen molar-refractivity contribution in [3.63, 3.8) is 0 Å². The minimum atomic E-state index is 0.600. The van der Waals surface area contributed by atoms with Gasteiger partial charge in [-0.15, -0.1) is 0 Å². The van der Waals surface area contributed by atoms with Gasteiger partial charge >= 0.3 is 0 Å². The standard InChI is InChI=1S/C58H38N4/c1-2-53-48(36-35-41-37-51-47-24-12-14-29-54(47)61(42-19-4-3-5-20-42)57(51)49-25-9-8-22-45(41)49)46-23-11-15-30-55(46)62(53)58-59-52-28-13-10-26-50(52)56(60-58)40-33-31-39(32-34-40)44-27-16-18-38-17-6-7-21-43(38)44/h2-37H,1H2/b36-35+. The monoisotopic (exact) mass is 790 g/mol. The summed E-state index contributed by atoms with van der Waals surface area (Å²) >= 11 is 0. The highest BCUT2D eigenvalue weighted by atomic mass is 15.2. The van der Waals surface area contributed by atoms with E-state index in [1.807, 2.05) is 12.1 Å². The van der Waals surface area contributed by atoms with Crippen LogP contribution < -0.4 is 0 Å². The highest BCUT2D eigenvalue weighted by Crippen LogP contribution is 2.40. The Hall–Kier alpha value is -8.34. The first kappa shape index (κ1) is 35.6. The fourth-order valence-electron chi connectivity index (χ4n) is 9.55. The largest absolute Gasteiger partial charge is 0.309 e. The van der Waals surface area contributed by atoms with E-state index in [1.54, 1.807) is 0 Å². The van der Waals surface area contributed by atoms with Crippen LogP contribution in [0.2, 0.25) is 0 Å². The van der Waals surface area contributed by atoms with Crippen LogP contribution in [0.25, 0.3) is 117 Å². The van der Waals surface area contributed by atoms with Gasteiger partial charge in [0.15, 0.2) is 0 Å². The van der Waals surface area contributed by atoms with E-state index in [-0.39, 0.29) is 0 Å². The summed E-state index contributed by atoms with van der Waals surface area (Å²) < 4.78 is 4.57. The second-order valence-corrected chi connectivity index (χ2v) is 15.8. The van der Waals surface area contributed by atoms with Gasteiger partial charge in [0.1, 0.15) is 0 Å². The van der Waals surface area contributed by atoms with E-state index in [2.05, 4.69) is 222 Å². The topological polar surface area (TPSA) is 35.6 Å². The van der Waals surface area contributed by atoms with Crippen LogP contribution >= 0.6 is 0 Å². The smallest absolute Gasteiger partial charge is 0.235 e. The lowest BCUT2D eigenvalue weighted by atomic mass is 9.96. The zero-order valence-corrected chi connectivity index (χ0v) is 33.8. The third-order valence-corrected chi connectivity index (χ3v) is 12.3. The summed E-state index contributed by atoms with van der Waals surface area (Å²) in [6.07, 6.45) is 6.44. The summed E-state index contributed by atoms with van der Waals surface area (Å²) in [4.78, 5) is 10.6. The van der Waals surface area contributed by atoms with Gasteiger partial charge in [-0.25, -0.2) is 9.97 Å². The van der Waals surface area contributed by atoms with Crippen LogP contribution in [-0.4, -0.2) is 19.1 Å². The van der Waals surface area contributed by atoms with Crippen molar-refractivity contribution in [1.82, 2.24) is 19.1 Å². The molecule has 0 amide bonds. The maximum atomic E-state index is 5.39. The van der Waals surface area contributed by atoms with Crippen molar-refractivity contribution >= 4 is 83.4 Å². The molecule has 0 fully saturated rings. The summed E-state index contributed by atoms with van der Waals surface area (Å²) in [5.74, 6) is 0.600. The number of hydrogen-bond donors (Lipinski definition) is 0. The van der Waals surface area contributed by atoms with Gasteiger partial charge in [0, 0.05) is 43.7 Å². The molecule has 4 heteroatoms. The second-order valence-electron chi connectivity index (χ2n) is 15.8. The molecule has 0 saturated carbocycles. The third kappa shape index (κ3) is 5.62. The fourth-order valence-corrected chi connectivity index (χ4v) is 9.55. The average molecular weight is 791 g/mol. The maximum Gasteiger partial charge on any atom is 0.235 e. The van der Waals surface area contributed by atoms with Crippen molar-refractivity contribution in [3.05, 3.63) is 224 Å². The molecule has 0 bridgehead atoms. The molecule has 0 atom stereocenters. The SMILES string of the molecule is C=Cc1c(/C=C/c2cc3c4ccccc4n(-c4ccccc4)c3c3ccccc23)c2ccccc2n1-c1nc(-c2ccc(-c3cccc4ccccc34)cc2)c2ccccc2n1. The Morgan fingerprint density at radius 1 is 0.435 bits per heavy atom. The molecule has 0 spiro atoms. The molecule has 3 heterocycles. The Morgan fingerprint density at radius 2 is 1.05 bits per heavy atom. The van der Waals surface area contributed by atoms with Gasteiger partial charge in [-0.3, -0.25) is 4.57 Å². The number of para-hydroxylation sites is 4. The first-order chi connectivity index (χ1) is 30.7. The molecule has 0 N–H and O–H groups in total. The normalized spacial score (nSPS) is 11.9. The first-order valence-corrected chi connectivity index (χ1v) is 21.0. The summed E-state index contributed by atoms with van der Waals surface area (Å²) in [7, 11) is 0. The zero-order valence-electron chi connectivity index (χ0n) is 33.8. The van der Waals surface area contributed by atoms with Crippen molar-refractivity contribution in [2.24, 2.45) is 0 Å². The Kier molecular flexibility index (Phi) is 8.29. The zero-order chi connectivity index (χ0) is 41.1.